The average molecular weight is 259 g/mol. The van der Waals surface area contributed by atoms with Crippen molar-refractivity contribution in [3.63, 3.8) is 0 Å². The standard InChI is InChI=1S/C11H21N3O4/c1-5-14(7-8(15)12-4)10(18)13-11(2,3)6-9(16)17/h5-7H2,1-4H3,(H,12,15)(H,13,18)(H,16,17). The third-order valence-electron chi connectivity index (χ3n) is 2.32. The molecular weight excluding hydrogens is 238 g/mol. The summed E-state index contributed by atoms with van der Waals surface area (Å²) >= 11 is 0. The molecule has 7 heteroatoms. The van der Waals surface area contributed by atoms with Crippen LogP contribution in [-0.4, -0.2) is 53.6 Å². The summed E-state index contributed by atoms with van der Waals surface area (Å²) < 4.78 is 0. The van der Waals surface area contributed by atoms with Gasteiger partial charge in [-0.25, -0.2) is 4.79 Å². The molecule has 18 heavy (non-hydrogen) atoms. The normalized spacial score (nSPS) is 10.7. The molecule has 0 radical (unpaired) electrons. The maximum atomic E-state index is 11.9. The smallest absolute Gasteiger partial charge is 0.318 e. The Bertz CT molecular complexity index is 328. The van der Waals surface area contributed by atoms with Gasteiger partial charge in [0.05, 0.1) is 6.42 Å². The SMILES string of the molecule is CCN(CC(=O)NC)C(=O)NC(C)(C)CC(=O)O. The number of amides is 3. The van der Waals surface area contributed by atoms with Crippen molar-refractivity contribution in [1.29, 1.82) is 0 Å². The minimum absolute atomic E-state index is 0.0536. The number of carbonyl (C=O) groups is 3. The number of carboxylic acids is 1. The lowest BCUT2D eigenvalue weighted by molar-refractivity contribution is -0.138. The molecule has 0 spiro atoms. The van der Waals surface area contributed by atoms with Crippen LogP contribution in [0.15, 0.2) is 0 Å². The molecule has 0 fully saturated rings. The first-order chi connectivity index (χ1) is 8.21. The highest BCUT2D eigenvalue weighted by molar-refractivity contribution is 5.84. The zero-order valence-electron chi connectivity index (χ0n) is 11.2. The third-order valence-corrected chi connectivity index (χ3v) is 2.32. The van der Waals surface area contributed by atoms with Crippen LogP contribution >= 0.6 is 0 Å². The van der Waals surface area contributed by atoms with Crippen molar-refractivity contribution in [2.45, 2.75) is 32.7 Å². The molecule has 104 valence electrons. The number of carboxylic acid groups (broad SMARTS) is 1. The number of rotatable bonds is 6. The van der Waals surface area contributed by atoms with Crippen molar-refractivity contribution < 1.29 is 19.5 Å². The number of nitrogens with zero attached hydrogens (tertiary/aromatic N) is 1. The van der Waals surface area contributed by atoms with E-state index in [1.807, 2.05) is 0 Å². The van der Waals surface area contributed by atoms with Crippen molar-refractivity contribution in [3.8, 4) is 0 Å². The molecule has 3 amide bonds. The monoisotopic (exact) mass is 259 g/mol. The van der Waals surface area contributed by atoms with Gasteiger partial charge in [-0.3, -0.25) is 9.59 Å². The van der Waals surface area contributed by atoms with E-state index in [0.717, 1.165) is 0 Å². The van der Waals surface area contributed by atoms with Gasteiger partial charge in [0.1, 0.15) is 6.54 Å². The minimum Gasteiger partial charge on any atom is -0.481 e. The Hall–Kier alpha value is -1.79. The van der Waals surface area contributed by atoms with Gasteiger partial charge < -0.3 is 20.6 Å². The van der Waals surface area contributed by atoms with Crippen LogP contribution in [0, 0.1) is 0 Å². The van der Waals surface area contributed by atoms with Crippen molar-refractivity contribution in [2.24, 2.45) is 0 Å². The first kappa shape index (κ1) is 16.2. The van der Waals surface area contributed by atoms with Gasteiger partial charge in [0, 0.05) is 19.1 Å². The highest BCUT2D eigenvalue weighted by Gasteiger charge is 2.26. The molecule has 0 saturated heterocycles. The molecule has 0 aliphatic heterocycles. The molecule has 0 aliphatic carbocycles. The van der Waals surface area contributed by atoms with Gasteiger partial charge in [-0.2, -0.15) is 0 Å². The molecule has 0 bridgehead atoms. The van der Waals surface area contributed by atoms with Crippen molar-refractivity contribution >= 4 is 17.9 Å². The van der Waals surface area contributed by atoms with E-state index in [4.69, 9.17) is 5.11 Å². The summed E-state index contributed by atoms with van der Waals surface area (Å²) in [6, 6.07) is -0.452. The summed E-state index contributed by atoms with van der Waals surface area (Å²) in [5.74, 6) is -1.27. The first-order valence-electron chi connectivity index (χ1n) is 5.71. The Kier molecular flexibility index (Phi) is 6.15. The van der Waals surface area contributed by atoms with E-state index in [1.165, 1.54) is 11.9 Å². The summed E-state index contributed by atoms with van der Waals surface area (Å²) in [6.45, 7) is 5.29. The molecular formula is C11H21N3O4. The molecule has 0 aromatic heterocycles. The van der Waals surface area contributed by atoms with Gasteiger partial charge in [-0.1, -0.05) is 0 Å². The van der Waals surface area contributed by atoms with Gasteiger partial charge in [-0.15, -0.1) is 0 Å². The Labute approximate surface area is 107 Å². The van der Waals surface area contributed by atoms with E-state index < -0.39 is 17.5 Å². The summed E-state index contributed by atoms with van der Waals surface area (Å²) in [4.78, 5) is 35.0. The van der Waals surface area contributed by atoms with E-state index >= 15 is 0 Å². The Balaban J connectivity index is 4.52. The zero-order valence-corrected chi connectivity index (χ0v) is 11.2. The second-order valence-corrected chi connectivity index (χ2v) is 4.57. The van der Waals surface area contributed by atoms with Crippen LogP contribution in [0.5, 0.6) is 0 Å². The molecule has 0 rings (SSSR count). The van der Waals surface area contributed by atoms with E-state index in [-0.39, 0.29) is 18.9 Å². The molecule has 0 unspecified atom stereocenters. The summed E-state index contributed by atoms with van der Waals surface area (Å²) in [5, 5.41) is 13.7. The van der Waals surface area contributed by atoms with E-state index in [9.17, 15) is 14.4 Å². The van der Waals surface area contributed by atoms with E-state index in [0.29, 0.717) is 6.54 Å². The maximum absolute atomic E-state index is 11.9. The van der Waals surface area contributed by atoms with Crippen LogP contribution < -0.4 is 10.6 Å². The fourth-order valence-corrected chi connectivity index (χ4v) is 1.37. The van der Waals surface area contributed by atoms with Crippen LogP contribution in [0.2, 0.25) is 0 Å². The number of likely N-dealkylation sites (N-methyl/N-ethyl adjacent to an activating group) is 2. The van der Waals surface area contributed by atoms with Crippen LogP contribution in [-0.2, 0) is 9.59 Å². The number of hydrogen-bond donors (Lipinski definition) is 3. The van der Waals surface area contributed by atoms with E-state index in [1.54, 1.807) is 20.8 Å². The van der Waals surface area contributed by atoms with Crippen LogP contribution in [0.25, 0.3) is 0 Å². The molecule has 3 N–H and O–H groups in total. The number of carbonyl (C=O) groups excluding carboxylic acids is 2. The van der Waals surface area contributed by atoms with Crippen molar-refractivity contribution in [1.82, 2.24) is 15.5 Å². The number of nitrogens with one attached hydrogen (secondary N) is 2. The van der Waals surface area contributed by atoms with E-state index in [2.05, 4.69) is 10.6 Å². The summed E-state index contributed by atoms with van der Waals surface area (Å²) in [6.07, 6.45) is -0.184. The van der Waals surface area contributed by atoms with Crippen LogP contribution in [0.3, 0.4) is 0 Å². The second-order valence-electron chi connectivity index (χ2n) is 4.57. The average Bonchev–Trinajstić information content (AvgIpc) is 2.22. The Morgan fingerprint density at radius 2 is 1.83 bits per heavy atom. The topological polar surface area (TPSA) is 98.7 Å². The predicted molar refractivity (Wildman–Crippen MR) is 66.2 cm³/mol. The lowest BCUT2D eigenvalue weighted by Crippen LogP contribution is -2.52. The van der Waals surface area contributed by atoms with Gasteiger partial charge in [0.2, 0.25) is 5.91 Å². The zero-order chi connectivity index (χ0) is 14.3. The van der Waals surface area contributed by atoms with Crippen LogP contribution in [0.1, 0.15) is 27.2 Å². The molecule has 0 aromatic carbocycles. The minimum atomic E-state index is -0.991. The largest absolute Gasteiger partial charge is 0.481 e. The molecule has 0 heterocycles. The van der Waals surface area contributed by atoms with Crippen LogP contribution in [0.4, 0.5) is 4.79 Å². The highest BCUT2D eigenvalue weighted by atomic mass is 16.4. The van der Waals surface area contributed by atoms with Gasteiger partial charge in [-0.05, 0) is 20.8 Å². The summed E-state index contributed by atoms with van der Waals surface area (Å²) in [7, 11) is 1.49. The number of hydrogen-bond acceptors (Lipinski definition) is 3. The first-order valence-corrected chi connectivity index (χ1v) is 5.71. The second kappa shape index (κ2) is 6.83. The van der Waals surface area contributed by atoms with Crippen molar-refractivity contribution in [3.05, 3.63) is 0 Å². The predicted octanol–water partition coefficient (Wildman–Crippen LogP) is 0.0172. The quantitative estimate of drug-likeness (QED) is 0.626. The molecule has 7 nitrogen and oxygen atoms in total. The third kappa shape index (κ3) is 6.07. The molecule has 0 aliphatic rings. The Morgan fingerprint density at radius 1 is 1.28 bits per heavy atom. The lowest BCUT2D eigenvalue weighted by atomic mass is 10.0. The highest BCUT2D eigenvalue weighted by Crippen LogP contribution is 2.08. The van der Waals surface area contributed by atoms with Gasteiger partial charge in [0.15, 0.2) is 0 Å². The van der Waals surface area contributed by atoms with Gasteiger partial charge >= 0.3 is 12.0 Å². The van der Waals surface area contributed by atoms with Crippen molar-refractivity contribution in [2.75, 3.05) is 20.1 Å². The fourth-order valence-electron chi connectivity index (χ4n) is 1.37. The van der Waals surface area contributed by atoms with Gasteiger partial charge in [0.25, 0.3) is 0 Å². The molecule has 0 saturated carbocycles. The number of aliphatic carboxylic acids is 1. The summed E-state index contributed by atoms with van der Waals surface area (Å²) in [5.41, 5.74) is -0.862. The number of urea groups is 1. The lowest BCUT2D eigenvalue weighted by Gasteiger charge is -2.29. The molecule has 0 aromatic rings. The molecule has 0 atom stereocenters. The fraction of sp³-hybridized carbons (Fsp3) is 0.727. The maximum Gasteiger partial charge on any atom is 0.318 e. The Morgan fingerprint density at radius 3 is 2.22 bits per heavy atom.